The van der Waals surface area contributed by atoms with E-state index in [9.17, 15) is 9.59 Å². The molecule has 0 rings (SSSR count). The van der Waals surface area contributed by atoms with Gasteiger partial charge in [0.2, 0.25) is 5.91 Å². The monoisotopic (exact) mass is 257 g/mol. The standard InChI is InChI=1S/C14H27NO3/c1-10(12(17)13(2,3)4)8-15-11(16)9-18-14(5,6)7/h10H,8-9H2,1-7H3,(H,15,16)/t10-/m1/s1. The molecule has 0 saturated carbocycles. The van der Waals surface area contributed by atoms with Crippen LogP contribution < -0.4 is 5.32 Å². The van der Waals surface area contributed by atoms with Crippen LogP contribution in [-0.4, -0.2) is 30.4 Å². The summed E-state index contributed by atoms with van der Waals surface area (Å²) in [4.78, 5) is 23.4. The first-order valence-corrected chi connectivity index (χ1v) is 6.38. The minimum Gasteiger partial charge on any atom is -0.366 e. The molecule has 0 heterocycles. The molecule has 0 bridgehead atoms. The molecule has 0 aliphatic carbocycles. The van der Waals surface area contributed by atoms with Crippen molar-refractivity contribution in [3.05, 3.63) is 0 Å². The van der Waals surface area contributed by atoms with Crippen LogP contribution in [0.5, 0.6) is 0 Å². The number of hydrogen-bond acceptors (Lipinski definition) is 3. The third-order valence-corrected chi connectivity index (χ3v) is 2.43. The summed E-state index contributed by atoms with van der Waals surface area (Å²) in [6.45, 7) is 13.6. The highest BCUT2D eigenvalue weighted by molar-refractivity contribution is 5.86. The second-order valence-corrected chi connectivity index (χ2v) is 6.72. The molecular formula is C14H27NO3. The molecule has 0 aliphatic rings. The summed E-state index contributed by atoms with van der Waals surface area (Å²) in [7, 11) is 0. The van der Waals surface area contributed by atoms with Crippen molar-refractivity contribution in [1.29, 1.82) is 0 Å². The van der Waals surface area contributed by atoms with Crippen LogP contribution in [0.2, 0.25) is 0 Å². The van der Waals surface area contributed by atoms with Crippen molar-refractivity contribution < 1.29 is 14.3 Å². The van der Waals surface area contributed by atoms with E-state index >= 15 is 0 Å². The van der Waals surface area contributed by atoms with Crippen LogP contribution in [0, 0.1) is 11.3 Å². The predicted octanol–water partition coefficient (Wildman–Crippen LogP) is 2.17. The molecule has 0 aromatic rings. The minimum atomic E-state index is -0.369. The van der Waals surface area contributed by atoms with Gasteiger partial charge < -0.3 is 10.1 Å². The van der Waals surface area contributed by atoms with Crippen molar-refractivity contribution in [3.8, 4) is 0 Å². The van der Waals surface area contributed by atoms with Crippen LogP contribution >= 0.6 is 0 Å². The molecule has 4 nitrogen and oxygen atoms in total. The van der Waals surface area contributed by atoms with E-state index in [1.54, 1.807) is 0 Å². The van der Waals surface area contributed by atoms with Gasteiger partial charge >= 0.3 is 0 Å². The Balaban J connectivity index is 4.04. The molecule has 1 atom stereocenters. The molecule has 0 aromatic carbocycles. The highest BCUT2D eigenvalue weighted by Crippen LogP contribution is 2.19. The summed E-state index contributed by atoms with van der Waals surface area (Å²) >= 11 is 0. The molecule has 106 valence electrons. The Kier molecular flexibility index (Phi) is 6.00. The maximum Gasteiger partial charge on any atom is 0.246 e. The number of hydrogen-bond donors (Lipinski definition) is 1. The van der Waals surface area contributed by atoms with Gasteiger partial charge in [-0.15, -0.1) is 0 Å². The van der Waals surface area contributed by atoms with Crippen molar-refractivity contribution in [2.45, 2.75) is 54.1 Å². The fourth-order valence-electron chi connectivity index (χ4n) is 1.43. The minimum absolute atomic E-state index is 0.0277. The van der Waals surface area contributed by atoms with Crippen LogP contribution in [0.1, 0.15) is 48.5 Å². The van der Waals surface area contributed by atoms with Crippen LogP contribution in [0.15, 0.2) is 0 Å². The van der Waals surface area contributed by atoms with Crippen LogP contribution in [0.3, 0.4) is 0 Å². The van der Waals surface area contributed by atoms with Gasteiger partial charge in [-0.25, -0.2) is 0 Å². The summed E-state index contributed by atoms with van der Waals surface area (Å²) in [6.07, 6.45) is 0. The molecule has 0 spiro atoms. The highest BCUT2D eigenvalue weighted by atomic mass is 16.5. The molecular weight excluding hydrogens is 230 g/mol. The Morgan fingerprint density at radius 3 is 2.00 bits per heavy atom. The first-order chi connectivity index (χ1) is 7.93. The lowest BCUT2D eigenvalue weighted by Crippen LogP contribution is -2.38. The fourth-order valence-corrected chi connectivity index (χ4v) is 1.43. The van der Waals surface area contributed by atoms with Gasteiger partial charge in [-0.3, -0.25) is 9.59 Å². The van der Waals surface area contributed by atoms with Gasteiger partial charge in [-0.2, -0.15) is 0 Å². The number of amides is 1. The van der Waals surface area contributed by atoms with Gasteiger partial charge in [0.05, 0.1) is 5.60 Å². The summed E-state index contributed by atoms with van der Waals surface area (Å²) in [5, 5.41) is 2.72. The summed E-state index contributed by atoms with van der Waals surface area (Å²) in [6, 6.07) is 0. The summed E-state index contributed by atoms with van der Waals surface area (Å²) in [5.74, 6) is -0.207. The molecule has 1 N–H and O–H groups in total. The quantitative estimate of drug-likeness (QED) is 0.821. The van der Waals surface area contributed by atoms with Crippen molar-refractivity contribution in [2.75, 3.05) is 13.2 Å². The Morgan fingerprint density at radius 2 is 1.61 bits per heavy atom. The topological polar surface area (TPSA) is 55.4 Å². The Morgan fingerprint density at radius 1 is 1.11 bits per heavy atom. The largest absolute Gasteiger partial charge is 0.366 e. The lowest BCUT2D eigenvalue weighted by Gasteiger charge is -2.22. The van der Waals surface area contributed by atoms with Crippen molar-refractivity contribution in [2.24, 2.45) is 11.3 Å². The summed E-state index contributed by atoms with van der Waals surface area (Å²) in [5.41, 5.74) is -0.698. The lowest BCUT2D eigenvalue weighted by atomic mass is 9.84. The predicted molar refractivity (Wildman–Crippen MR) is 72.3 cm³/mol. The SMILES string of the molecule is C[C@H](CNC(=O)COC(C)(C)C)C(=O)C(C)(C)C. The number of ketones is 1. The summed E-state index contributed by atoms with van der Waals surface area (Å²) < 4.78 is 5.35. The second-order valence-electron chi connectivity index (χ2n) is 6.72. The van der Waals surface area contributed by atoms with E-state index in [0.717, 1.165) is 0 Å². The fraction of sp³-hybridized carbons (Fsp3) is 0.857. The van der Waals surface area contributed by atoms with Gasteiger partial charge in [0.1, 0.15) is 12.4 Å². The third-order valence-electron chi connectivity index (χ3n) is 2.43. The zero-order chi connectivity index (χ0) is 14.6. The van der Waals surface area contributed by atoms with Gasteiger partial charge in [0.25, 0.3) is 0 Å². The van der Waals surface area contributed by atoms with Gasteiger partial charge in [0, 0.05) is 17.9 Å². The molecule has 4 heteroatoms. The molecule has 1 amide bonds. The average molecular weight is 257 g/mol. The second kappa shape index (κ2) is 6.32. The van der Waals surface area contributed by atoms with E-state index in [1.165, 1.54) is 0 Å². The number of carbonyl (C=O) groups is 2. The smallest absolute Gasteiger partial charge is 0.246 e. The van der Waals surface area contributed by atoms with E-state index in [1.807, 2.05) is 48.5 Å². The molecule has 0 unspecified atom stereocenters. The lowest BCUT2D eigenvalue weighted by molar-refractivity contribution is -0.132. The van der Waals surface area contributed by atoms with Crippen molar-refractivity contribution in [3.63, 3.8) is 0 Å². The number of nitrogens with one attached hydrogen (secondary N) is 1. The average Bonchev–Trinajstić information content (AvgIpc) is 2.19. The number of ether oxygens (including phenoxy) is 1. The number of carbonyl (C=O) groups excluding carboxylic acids is 2. The Bertz CT molecular complexity index is 297. The van der Waals surface area contributed by atoms with Gasteiger partial charge in [-0.05, 0) is 20.8 Å². The molecule has 0 aliphatic heterocycles. The van der Waals surface area contributed by atoms with Crippen molar-refractivity contribution in [1.82, 2.24) is 5.32 Å². The molecule has 0 saturated heterocycles. The third kappa shape index (κ3) is 7.43. The first-order valence-electron chi connectivity index (χ1n) is 6.38. The van der Waals surface area contributed by atoms with Crippen LogP contribution in [0.25, 0.3) is 0 Å². The Labute approximate surface area is 110 Å². The van der Waals surface area contributed by atoms with E-state index < -0.39 is 0 Å². The van der Waals surface area contributed by atoms with Gasteiger partial charge in [0.15, 0.2) is 0 Å². The van der Waals surface area contributed by atoms with Gasteiger partial charge in [-0.1, -0.05) is 27.7 Å². The van der Waals surface area contributed by atoms with E-state index in [4.69, 9.17) is 4.74 Å². The first kappa shape index (κ1) is 17.1. The number of rotatable bonds is 5. The van der Waals surface area contributed by atoms with Crippen molar-refractivity contribution >= 4 is 11.7 Å². The molecule has 0 fully saturated rings. The van der Waals surface area contributed by atoms with E-state index in [2.05, 4.69) is 5.32 Å². The normalized spacial score (nSPS) is 14.2. The van der Waals surface area contributed by atoms with Crippen LogP contribution in [0.4, 0.5) is 0 Å². The van der Waals surface area contributed by atoms with E-state index in [-0.39, 0.29) is 35.2 Å². The molecule has 0 aromatic heterocycles. The highest BCUT2D eigenvalue weighted by Gasteiger charge is 2.26. The zero-order valence-corrected chi connectivity index (χ0v) is 12.7. The van der Waals surface area contributed by atoms with E-state index in [0.29, 0.717) is 6.54 Å². The molecule has 0 radical (unpaired) electrons. The molecule has 18 heavy (non-hydrogen) atoms. The maximum absolute atomic E-state index is 11.9. The number of Topliss-reactive ketones (excluding diaryl/α,β-unsaturated/α-hetero) is 1. The van der Waals surface area contributed by atoms with Crippen LogP contribution in [-0.2, 0) is 14.3 Å². The Hall–Kier alpha value is -0.900. The zero-order valence-electron chi connectivity index (χ0n) is 12.7. The maximum atomic E-state index is 11.9.